The van der Waals surface area contributed by atoms with Gasteiger partial charge in [-0.2, -0.15) is 0 Å². The van der Waals surface area contributed by atoms with Crippen LogP contribution in [0.15, 0.2) is 18.2 Å². The van der Waals surface area contributed by atoms with Crippen molar-refractivity contribution in [1.82, 2.24) is 15.6 Å². The zero-order chi connectivity index (χ0) is 17.6. The van der Waals surface area contributed by atoms with Crippen molar-refractivity contribution in [1.29, 1.82) is 0 Å². The van der Waals surface area contributed by atoms with Crippen LogP contribution in [0.2, 0.25) is 0 Å². The summed E-state index contributed by atoms with van der Waals surface area (Å²) in [5, 5.41) is 6.60. The molecule has 1 aliphatic carbocycles. The summed E-state index contributed by atoms with van der Waals surface area (Å²) in [6.07, 6.45) is 7.60. The molecule has 0 spiro atoms. The van der Waals surface area contributed by atoms with E-state index < -0.39 is 6.03 Å². The average molecular weight is 342 g/mol. The van der Waals surface area contributed by atoms with E-state index in [0.29, 0.717) is 6.54 Å². The van der Waals surface area contributed by atoms with E-state index in [4.69, 9.17) is 5.73 Å². The number of benzene rings is 1. The Kier molecular flexibility index (Phi) is 5.58. The minimum atomic E-state index is -0.609. The number of carbonyl (C=O) groups excluding carboxylic acids is 2. The molecule has 1 aromatic heterocycles. The van der Waals surface area contributed by atoms with Gasteiger partial charge in [-0.25, -0.2) is 4.79 Å². The molecule has 0 unspecified atom stereocenters. The van der Waals surface area contributed by atoms with Crippen molar-refractivity contribution >= 4 is 22.8 Å². The van der Waals surface area contributed by atoms with E-state index in [9.17, 15) is 9.59 Å². The molecular weight excluding hydrogens is 316 g/mol. The molecule has 6 heteroatoms. The monoisotopic (exact) mass is 342 g/mol. The summed E-state index contributed by atoms with van der Waals surface area (Å²) < 4.78 is 0. The molecular formula is C19H26N4O2. The van der Waals surface area contributed by atoms with Gasteiger partial charge in [0, 0.05) is 36.1 Å². The second-order valence-corrected chi connectivity index (χ2v) is 6.69. The van der Waals surface area contributed by atoms with E-state index >= 15 is 0 Å². The summed E-state index contributed by atoms with van der Waals surface area (Å²) in [6, 6.07) is 5.74. The van der Waals surface area contributed by atoms with Gasteiger partial charge in [0.15, 0.2) is 0 Å². The number of aromatic amines is 1. The molecule has 1 heterocycles. The minimum Gasteiger partial charge on any atom is -0.358 e. The minimum absolute atomic E-state index is 0.0989. The van der Waals surface area contributed by atoms with Gasteiger partial charge >= 0.3 is 6.03 Å². The highest BCUT2D eigenvalue weighted by atomic mass is 16.2. The Labute approximate surface area is 147 Å². The van der Waals surface area contributed by atoms with Crippen LogP contribution in [0.4, 0.5) is 4.79 Å². The number of aryl methyl sites for hydroxylation is 2. The van der Waals surface area contributed by atoms with Crippen LogP contribution >= 0.6 is 0 Å². The number of primary amides is 1. The molecule has 3 rings (SSSR count). The van der Waals surface area contributed by atoms with Crippen LogP contribution in [0, 0.1) is 0 Å². The number of rotatable bonds is 5. The van der Waals surface area contributed by atoms with Gasteiger partial charge in [0.2, 0.25) is 5.91 Å². The summed E-state index contributed by atoms with van der Waals surface area (Å²) in [5.41, 5.74) is 10.1. The smallest absolute Gasteiger partial charge is 0.312 e. The van der Waals surface area contributed by atoms with E-state index in [-0.39, 0.29) is 18.9 Å². The normalized spacial score (nSPS) is 14.4. The SMILES string of the molecule is NC(=O)NCCC(=O)NCc1ccc2[nH]c3c(c2c1)CCCCCC3. The Hall–Kier alpha value is -2.50. The highest BCUT2D eigenvalue weighted by Crippen LogP contribution is 2.28. The van der Waals surface area contributed by atoms with Crippen molar-refractivity contribution < 1.29 is 9.59 Å². The molecule has 5 N–H and O–H groups in total. The maximum atomic E-state index is 11.8. The first kappa shape index (κ1) is 17.3. The van der Waals surface area contributed by atoms with Gasteiger partial charge in [0.25, 0.3) is 0 Å². The molecule has 0 aliphatic heterocycles. The van der Waals surface area contributed by atoms with Gasteiger partial charge in [-0.05, 0) is 48.9 Å². The third kappa shape index (κ3) is 4.53. The molecule has 1 aromatic carbocycles. The molecule has 3 amide bonds. The van der Waals surface area contributed by atoms with Gasteiger partial charge in [0.1, 0.15) is 0 Å². The number of nitrogens with one attached hydrogen (secondary N) is 3. The lowest BCUT2D eigenvalue weighted by Gasteiger charge is -2.10. The number of urea groups is 1. The summed E-state index contributed by atoms with van der Waals surface area (Å²) >= 11 is 0. The topological polar surface area (TPSA) is 100 Å². The van der Waals surface area contributed by atoms with Gasteiger partial charge < -0.3 is 21.4 Å². The lowest BCUT2D eigenvalue weighted by atomic mass is 9.96. The number of hydrogen-bond donors (Lipinski definition) is 4. The van der Waals surface area contributed by atoms with Crippen molar-refractivity contribution in [3.05, 3.63) is 35.0 Å². The lowest BCUT2D eigenvalue weighted by molar-refractivity contribution is -0.121. The van der Waals surface area contributed by atoms with Gasteiger partial charge in [0.05, 0.1) is 0 Å². The first-order chi connectivity index (χ1) is 12.1. The van der Waals surface area contributed by atoms with Gasteiger partial charge in [-0.15, -0.1) is 0 Å². The molecule has 25 heavy (non-hydrogen) atoms. The molecule has 2 aromatic rings. The predicted octanol–water partition coefficient (Wildman–Crippen LogP) is 2.50. The lowest BCUT2D eigenvalue weighted by Crippen LogP contribution is -2.33. The van der Waals surface area contributed by atoms with Crippen molar-refractivity contribution in [3.8, 4) is 0 Å². The van der Waals surface area contributed by atoms with Crippen LogP contribution in [0.3, 0.4) is 0 Å². The van der Waals surface area contributed by atoms with E-state index in [2.05, 4.69) is 27.8 Å². The number of hydrogen-bond acceptors (Lipinski definition) is 2. The Morgan fingerprint density at radius 3 is 2.68 bits per heavy atom. The first-order valence-corrected chi connectivity index (χ1v) is 9.06. The van der Waals surface area contributed by atoms with Crippen molar-refractivity contribution in [2.24, 2.45) is 5.73 Å². The molecule has 0 saturated carbocycles. The zero-order valence-corrected chi connectivity index (χ0v) is 14.5. The molecule has 0 bridgehead atoms. The van der Waals surface area contributed by atoms with Crippen LogP contribution in [0.1, 0.15) is 48.9 Å². The van der Waals surface area contributed by atoms with Crippen LogP contribution < -0.4 is 16.4 Å². The Balaban J connectivity index is 1.65. The van der Waals surface area contributed by atoms with Gasteiger partial charge in [-0.1, -0.05) is 18.9 Å². The molecule has 1 aliphatic rings. The van der Waals surface area contributed by atoms with Crippen molar-refractivity contribution in [2.75, 3.05) is 6.54 Å². The van der Waals surface area contributed by atoms with E-state index in [0.717, 1.165) is 18.4 Å². The summed E-state index contributed by atoms with van der Waals surface area (Å²) in [4.78, 5) is 26.0. The number of carbonyl (C=O) groups is 2. The number of nitrogens with two attached hydrogens (primary N) is 1. The summed E-state index contributed by atoms with van der Waals surface area (Å²) in [7, 11) is 0. The summed E-state index contributed by atoms with van der Waals surface area (Å²) in [5.74, 6) is -0.0989. The predicted molar refractivity (Wildman–Crippen MR) is 98.2 cm³/mol. The van der Waals surface area contributed by atoms with E-state index in [1.807, 2.05) is 6.07 Å². The Morgan fingerprint density at radius 2 is 1.88 bits per heavy atom. The maximum Gasteiger partial charge on any atom is 0.312 e. The Morgan fingerprint density at radius 1 is 1.08 bits per heavy atom. The standard InChI is InChI=1S/C19H26N4O2/c20-19(25)21-10-9-18(24)22-12-13-7-8-17-15(11-13)14-5-3-1-2-4-6-16(14)23-17/h7-8,11,23H,1-6,9-10,12H2,(H,22,24)(H3,20,21,25). The highest BCUT2D eigenvalue weighted by molar-refractivity contribution is 5.85. The van der Waals surface area contributed by atoms with E-state index in [1.54, 1.807) is 0 Å². The second-order valence-electron chi connectivity index (χ2n) is 6.69. The maximum absolute atomic E-state index is 11.8. The third-order valence-corrected chi connectivity index (χ3v) is 4.80. The molecule has 0 atom stereocenters. The largest absolute Gasteiger partial charge is 0.358 e. The van der Waals surface area contributed by atoms with Crippen molar-refractivity contribution in [2.45, 2.75) is 51.5 Å². The quantitative estimate of drug-likeness (QED) is 0.671. The van der Waals surface area contributed by atoms with Gasteiger partial charge in [-0.3, -0.25) is 4.79 Å². The van der Waals surface area contributed by atoms with Crippen molar-refractivity contribution in [3.63, 3.8) is 0 Å². The Bertz CT molecular complexity index is 766. The fourth-order valence-corrected chi connectivity index (χ4v) is 3.50. The first-order valence-electron chi connectivity index (χ1n) is 9.06. The molecule has 0 radical (unpaired) electrons. The van der Waals surface area contributed by atoms with E-state index in [1.165, 1.54) is 47.8 Å². The molecule has 134 valence electrons. The third-order valence-electron chi connectivity index (χ3n) is 4.80. The van der Waals surface area contributed by atoms with Crippen LogP contribution in [0.25, 0.3) is 10.9 Å². The number of aromatic nitrogens is 1. The van der Waals surface area contributed by atoms with Crippen LogP contribution in [-0.2, 0) is 24.2 Å². The molecule has 0 saturated heterocycles. The summed E-state index contributed by atoms with van der Waals surface area (Å²) in [6.45, 7) is 0.747. The molecule has 6 nitrogen and oxygen atoms in total. The highest BCUT2D eigenvalue weighted by Gasteiger charge is 2.14. The number of fused-ring (bicyclic) bond motifs is 3. The fourth-order valence-electron chi connectivity index (χ4n) is 3.50. The second kappa shape index (κ2) is 8.05. The fraction of sp³-hybridized carbons (Fsp3) is 0.474. The molecule has 0 fully saturated rings. The average Bonchev–Trinajstić information content (AvgIpc) is 2.88. The van der Waals surface area contributed by atoms with Crippen LogP contribution in [-0.4, -0.2) is 23.5 Å². The zero-order valence-electron chi connectivity index (χ0n) is 14.5. The number of amides is 3. The van der Waals surface area contributed by atoms with Crippen LogP contribution in [0.5, 0.6) is 0 Å². The number of H-pyrrole nitrogens is 1.